The van der Waals surface area contributed by atoms with Crippen LogP contribution in [0.2, 0.25) is 0 Å². The summed E-state index contributed by atoms with van der Waals surface area (Å²) in [5.41, 5.74) is 2.43. The van der Waals surface area contributed by atoms with E-state index in [9.17, 15) is 9.59 Å². The van der Waals surface area contributed by atoms with E-state index in [0.29, 0.717) is 12.1 Å². The molecule has 0 spiro atoms. The van der Waals surface area contributed by atoms with Gasteiger partial charge in [0.1, 0.15) is 6.04 Å². The number of carbonyl (C=O) groups is 2. The summed E-state index contributed by atoms with van der Waals surface area (Å²) in [6.07, 6.45) is 0. The van der Waals surface area contributed by atoms with Gasteiger partial charge in [0.05, 0.1) is 0 Å². The fourth-order valence-electron chi connectivity index (χ4n) is 3.00. The van der Waals surface area contributed by atoms with Crippen LogP contribution >= 0.6 is 0 Å². The summed E-state index contributed by atoms with van der Waals surface area (Å²) in [5.74, 6) is -0.328. The van der Waals surface area contributed by atoms with Crippen LogP contribution in [0.5, 0.6) is 0 Å². The monoisotopic (exact) mass is 372 g/mol. The van der Waals surface area contributed by atoms with Crippen molar-refractivity contribution in [1.29, 1.82) is 0 Å². The molecular weight excluding hydrogens is 348 g/mol. The van der Waals surface area contributed by atoms with E-state index in [1.807, 2.05) is 66.7 Å². The summed E-state index contributed by atoms with van der Waals surface area (Å²) in [4.78, 5) is 25.5. The third-order valence-electron chi connectivity index (χ3n) is 4.66. The quantitative estimate of drug-likeness (QED) is 0.657. The smallest absolute Gasteiger partial charge is 0.252 e. The summed E-state index contributed by atoms with van der Waals surface area (Å²) < 4.78 is 0. The van der Waals surface area contributed by atoms with E-state index in [-0.39, 0.29) is 17.7 Å². The van der Waals surface area contributed by atoms with Crippen molar-refractivity contribution in [2.75, 3.05) is 6.54 Å². The van der Waals surface area contributed by atoms with E-state index >= 15 is 0 Å². The number of hydrogen-bond acceptors (Lipinski definition) is 2. The zero-order valence-electron chi connectivity index (χ0n) is 15.8. The Kier molecular flexibility index (Phi) is 6.58. The fraction of sp³-hybridized carbons (Fsp3) is 0.167. The van der Waals surface area contributed by atoms with E-state index < -0.39 is 6.04 Å². The molecule has 4 heteroatoms. The Hall–Kier alpha value is -3.40. The van der Waals surface area contributed by atoms with Gasteiger partial charge < -0.3 is 10.6 Å². The van der Waals surface area contributed by atoms with Gasteiger partial charge in [0.25, 0.3) is 5.91 Å². The number of amides is 2. The lowest BCUT2D eigenvalue weighted by Gasteiger charge is -2.20. The minimum atomic E-state index is -0.753. The van der Waals surface area contributed by atoms with E-state index in [4.69, 9.17) is 0 Å². The third-order valence-corrected chi connectivity index (χ3v) is 4.66. The lowest BCUT2D eigenvalue weighted by atomic mass is 10.0. The molecule has 28 heavy (non-hydrogen) atoms. The number of hydrogen-bond donors (Lipinski definition) is 2. The molecule has 0 radical (unpaired) electrons. The zero-order valence-corrected chi connectivity index (χ0v) is 15.8. The molecule has 0 fully saturated rings. The molecule has 142 valence electrons. The first-order valence-corrected chi connectivity index (χ1v) is 9.38. The molecule has 0 aliphatic heterocycles. The highest BCUT2D eigenvalue weighted by atomic mass is 16.2. The van der Waals surface area contributed by atoms with Crippen molar-refractivity contribution >= 4 is 11.8 Å². The maximum atomic E-state index is 12.9. The summed E-state index contributed by atoms with van der Waals surface area (Å²) in [5, 5.41) is 5.84. The SMILES string of the molecule is CC(CNC(=O)C(NC(=O)c1ccccc1)c1ccccc1)c1ccccc1. The second-order valence-corrected chi connectivity index (χ2v) is 6.74. The Bertz CT molecular complexity index is 896. The van der Waals surface area contributed by atoms with E-state index in [2.05, 4.69) is 17.6 Å². The molecule has 3 rings (SSSR count). The topological polar surface area (TPSA) is 58.2 Å². The second-order valence-electron chi connectivity index (χ2n) is 6.74. The molecular formula is C24H24N2O2. The molecule has 0 heterocycles. The van der Waals surface area contributed by atoms with Gasteiger partial charge in [0.2, 0.25) is 5.91 Å². The molecule has 3 aromatic rings. The highest BCUT2D eigenvalue weighted by Crippen LogP contribution is 2.16. The van der Waals surface area contributed by atoms with Crippen LogP contribution in [-0.2, 0) is 4.79 Å². The zero-order chi connectivity index (χ0) is 19.8. The van der Waals surface area contributed by atoms with Gasteiger partial charge in [-0.15, -0.1) is 0 Å². The van der Waals surface area contributed by atoms with Gasteiger partial charge >= 0.3 is 0 Å². The number of rotatable bonds is 7. The van der Waals surface area contributed by atoms with Gasteiger partial charge in [-0.25, -0.2) is 0 Å². The normalized spacial score (nSPS) is 12.6. The van der Waals surface area contributed by atoms with Crippen LogP contribution < -0.4 is 10.6 Å². The van der Waals surface area contributed by atoms with Crippen LogP contribution in [0.3, 0.4) is 0 Å². The average Bonchev–Trinajstić information content (AvgIpc) is 2.77. The molecule has 2 amide bonds. The minimum Gasteiger partial charge on any atom is -0.353 e. The number of nitrogens with one attached hydrogen (secondary N) is 2. The highest BCUT2D eigenvalue weighted by molar-refractivity contribution is 5.97. The Morgan fingerprint density at radius 2 is 1.25 bits per heavy atom. The van der Waals surface area contributed by atoms with E-state index in [1.165, 1.54) is 0 Å². The predicted octanol–water partition coefficient (Wildman–Crippen LogP) is 4.08. The summed E-state index contributed by atoms with van der Waals surface area (Å²) >= 11 is 0. The number of benzene rings is 3. The van der Waals surface area contributed by atoms with Crippen molar-refractivity contribution in [1.82, 2.24) is 10.6 Å². The predicted molar refractivity (Wildman–Crippen MR) is 111 cm³/mol. The molecule has 0 saturated carbocycles. The van der Waals surface area contributed by atoms with Gasteiger partial charge in [-0.3, -0.25) is 9.59 Å². The fourth-order valence-corrected chi connectivity index (χ4v) is 3.00. The van der Waals surface area contributed by atoms with Gasteiger partial charge in [-0.1, -0.05) is 85.8 Å². The second kappa shape index (κ2) is 9.51. The van der Waals surface area contributed by atoms with Crippen molar-refractivity contribution < 1.29 is 9.59 Å². The third kappa shape index (κ3) is 5.07. The van der Waals surface area contributed by atoms with Crippen LogP contribution in [0, 0.1) is 0 Å². The summed E-state index contributed by atoms with van der Waals surface area (Å²) in [6, 6.07) is 27.5. The molecule has 3 aromatic carbocycles. The van der Waals surface area contributed by atoms with Crippen molar-refractivity contribution in [2.24, 2.45) is 0 Å². The molecule has 0 saturated heterocycles. The summed E-state index contributed by atoms with van der Waals surface area (Å²) in [7, 11) is 0. The lowest BCUT2D eigenvalue weighted by Crippen LogP contribution is -2.41. The summed E-state index contributed by atoms with van der Waals surface area (Å²) in [6.45, 7) is 2.56. The molecule has 0 aromatic heterocycles. The number of carbonyl (C=O) groups excluding carboxylic acids is 2. The van der Waals surface area contributed by atoms with E-state index in [1.54, 1.807) is 24.3 Å². The largest absolute Gasteiger partial charge is 0.353 e. The molecule has 4 nitrogen and oxygen atoms in total. The maximum Gasteiger partial charge on any atom is 0.252 e. The van der Waals surface area contributed by atoms with Crippen LogP contribution in [0.15, 0.2) is 91.0 Å². The van der Waals surface area contributed by atoms with Crippen LogP contribution in [0.1, 0.15) is 40.4 Å². The molecule has 0 aliphatic rings. The van der Waals surface area contributed by atoms with Gasteiger partial charge in [-0.05, 0) is 29.2 Å². The van der Waals surface area contributed by atoms with Crippen molar-refractivity contribution in [3.63, 3.8) is 0 Å². The van der Waals surface area contributed by atoms with Gasteiger partial charge in [-0.2, -0.15) is 0 Å². The Labute approximate surface area is 165 Å². The molecule has 2 unspecified atom stereocenters. The van der Waals surface area contributed by atoms with E-state index in [0.717, 1.165) is 11.1 Å². The first kappa shape index (κ1) is 19.4. The standard InChI is InChI=1S/C24H24N2O2/c1-18(19-11-5-2-6-12-19)17-25-24(28)22(20-13-7-3-8-14-20)26-23(27)21-15-9-4-10-16-21/h2-16,18,22H,17H2,1H3,(H,25,28)(H,26,27). The Balaban J connectivity index is 1.71. The Morgan fingerprint density at radius 3 is 1.82 bits per heavy atom. The highest BCUT2D eigenvalue weighted by Gasteiger charge is 2.23. The minimum absolute atomic E-state index is 0.173. The Morgan fingerprint density at radius 1 is 0.750 bits per heavy atom. The van der Waals surface area contributed by atoms with Crippen LogP contribution in [0.25, 0.3) is 0 Å². The van der Waals surface area contributed by atoms with Gasteiger partial charge in [0.15, 0.2) is 0 Å². The molecule has 0 aliphatic carbocycles. The maximum absolute atomic E-state index is 12.9. The van der Waals surface area contributed by atoms with Crippen LogP contribution in [-0.4, -0.2) is 18.4 Å². The first-order valence-electron chi connectivity index (χ1n) is 9.38. The lowest BCUT2D eigenvalue weighted by molar-refractivity contribution is -0.123. The van der Waals surface area contributed by atoms with Crippen molar-refractivity contribution in [3.05, 3.63) is 108 Å². The first-order chi connectivity index (χ1) is 13.6. The molecule has 2 N–H and O–H groups in total. The van der Waals surface area contributed by atoms with Crippen LogP contribution in [0.4, 0.5) is 0 Å². The van der Waals surface area contributed by atoms with Crippen molar-refractivity contribution in [2.45, 2.75) is 18.9 Å². The molecule has 0 bridgehead atoms. The molecule has 2 atom stereocenters. The average molecular weight is 372 g/mol. The van der Waals surface area contributed by atoms with Crippen molar-refractivity contribution in [3.8, 4) is 0 Å². The van der Waals surface area contributed by atoms with Gasteiger partial charge in [0, 0.05) is 12.1 Å².